The number of aromatic nitrogens is 2. The van der Waals surface area contributed by atoms with Gasteiger partial charge in [-0.2, -0.15) is 4.98 Å². The molecule has 1 aliphatic heterocycles. The molecule has 13 nitrogen and oxygen atoms in total. The van der Waals surface area contributed by atoms with Gasteiger partial charge >= 0.3 is 94.4 Å². The summed E-state index contributed by atoms with van der Waals surface area (Å²) >= 11 is 0. The summed E-state index contributed by atoms with van der Waals surface area (Å²) in [7, 11) is -11.2. The summed E-state index contributed by atoms with van der Waals surface area (Å²) in [6.45, 7) is -0.824. The number of hydrogen-bond acceptors (Lipinski definition) is 12. The Kier molecular flexibility index (Phi) is 14.5. The van der Waals surface area contributed by atoms with Crippen molar-refractivity contribution < 1.29 is 131 Å². The van der Waals surface area contributed by atoms with E-state index in [9.17, 15) is 33.7 Å². The molecule has 0 spiro atoms. The van der Waals surface area contributed by atoms with Gasteiger partial charge in [-0.1, -0.05) is 0 Å². The maximum atomic E-state index is 11.7. The third-order valence-electron chi connectivity index (χ3n) is 2.96. The molecule has 0 amide bonds. The minimum atomic E-state index is -5.80. The monoisotopic (exact) mass is 453 g/mol. The molecule has 3 N–H and O–H groups in total. The van der Waals surface area contributed by atoms with E-state index in [2.05, 4.69) is 13.8 Å². The van der Waals surface area contributed by atoms with Gasteiger partial charge in [0.1, 0.15) is 18.1 Å². The molecule has 18 heteroatoms. The number of nitrogens with zero attached hydrogens (tertiary/aromatic N) is 2. The van der Waals surface area contributed by atoms with Gasteiger partial charge in [0.2, 0.25) is 0 Å². The molecule has 1 aromatic heterocycles. The van der Waals surface area contributed by atoms with Crippen LogP contribution in [-0.4, -0.2) is 33.5 Å². The van der Waals surface area contributed by atoms with Crippen LogP contribution in [0.5, 0.6) is 0 Å². The average Bonchev–Trinajstić information content (AvgIpc) is 2.75. The molecular formula is C9H12N3Na3O10P2. The summed E-state index contributed by atoms with van der Waals surface area (Å²) in [5, 5.41) is 9.82. The van der Waals surface area contributed by atoms with Gasteiger partial charge < -0.3 is 39.3 Å². The molecule has 27 heavy (non-hydrogen) atoms. The molecule has 2 heterocycles. The van der Waals surface area contributed by atoms with Crippen molar-refractivity contribution in [2.45, 2.75) is 24.9 Å². The first-order chi connectivity index (χ1) is 11.0. The van der Waals surface area contributed by atoms with Crippen LogP contribution in [0, 0.1) is 0 Å². The van der Waals surface area contributed by atoms with Gasteiger partial charge in [0, 0.05) is 12.6 Å². The van der Waals surface area contributed by atoms with E-state index in [1.807, 2.05) is 0 Å². The quantitative estimate of drug-likeness (QED) is 0.304. The van der Waals surface area contributed by atoms with Crippen LogP contribution < -0.4 is 115 Å². The topological polar surface area (TPSA) is 212 Å². The maximum absolute atomic E-state index is 11.7. The summed E-state index contributed by atoms with van der Waals surface area (Å²) in [5.74, 6) is -0.0150. The van der Waals surface area contributed by atoms with E-state index >= 15 is 0 Å². The Morgan fingerprint density at radius 3 is 2.44 bits per heavy atom. The number of nitrogens with two attached hydrogens (primary N) is 1. The summed E-state index contributed by atoms with van der Waals surface area (Å²) in [5.41, 5.74) is 4.59. The van der Waals surface area contributed by atoms with Crippen LogP contribution in [0.1, 0.15) is 12.6 Å². The van der Waals surface area contributed by atoms with Crippen molar-refractivity contribution in [2.75, 3.05) is 12.3 Å². The van der Waals surface area contributed by atoms with Gasteiger partial charge in [-0.25, -0.2) is 4.79 Å². The number of rotatable bonds is 6. The van der Waals surface area contributed by atoms with E-state index in [0.717, 1.165) is 4.57 Å². The fraction of sp³-hybridized carbons (Fsp3) is 0.556. The van der Waals surface area contributed by atoms with Crippen molar-refractivity contribution in [2.24, 2.45) is 0 Å². The predicted molar refractivity (Wildman–Crippen MR) is 69.7 cm³/mol. The van der Waals surface area contributed by atoms with Gasteiger partial charge in [-0.3, -0.25) is 13.4 Å². The second-order valence-corrected chi connectivity index (χ2v) is 7.45. The molecular weight excluding hydrogens is 441 g/mol. The van der Waals surface area contributed by atoms with E-state index < -0.39 is 46.4 Å². The molecule has 0 aromatic carbocycles. The van der Waals surface area contributed by atoms with Gasteiger partial charge in [0.15, 0.2) is 0 Å². The largest absolute Gasteiger partial charge is 1.00 e. The minimum absolute atomic E-state index is 0. The number of aliphatic hydroxyl groups excluding tert-OH is 1. The Labute approximate surface area is 219 Å². The number of phosphoric acid groups is 2. The molecule has 0 aliphatic carbocycles. The summed E-state index contributed by atoms with van der Waals surface area (Å²) in [4.78, 5) is 46.8. The van der Waals surface area contributed by atoms with Gasteiger partial charge in [-0.15, -0.1) is 0 Å². The molecule has 0 saturated carbocycles. The van der Waals surface area contributed by atoms with Crippen molar-refractivity contribution >= 4 is 21.5 Å². The fourth-order valence-electron chi connectivity index (χ4n) is 1.99. The second kappa shape index (κ2) is 12.7. The number of ether oxygens (including phenoxy) is 1. The molecule has 1 aromatic rings. The normalized spacial score (nSPS) is 24.1. The molecule has 0 radical (unpaired) electrons. The van der Waals surface area contributed by atoms with Crippen LogP contribution in [-0.2, 0) is 22.7 Å². The fourth-order valence-corrected chi connectivity index (χ4v) is 3.49. The molecule has 1 unspecified atom stereocenters. The predicted octanol–water partition coefficient (Wildman–Crippen LogP) is -12.2. The first-order valence-electron chi connectivity index (χ1n) is 6.34. The van der Waals surface area contributed by atoms with Crippen molar-refractivity contribution in [1.82, 2.24) is 9.55 Å². The van der Waals surface area contributed by atoms with E-state index in [-0.39, 0.29) is 101 Å². The van der Waals surface area contributed by atoms with Crippen LogP contribution in [0.3, 0.4) is 0 Å². The van der Waals surface area contributed by atoms with Crippen molar-refractivity contribution in [3.63, 3.8) is 0 Å². The zero-order chi connectivity index (χ0) is 18.1. The number of aliphatic hydroxyl groups is 1. The van der Waals surface area contributed by atoms with Crippen LogP contribution in [0.2, 0.25) is 0 Å². The number of phosphoric ester groups is 1. The molecule has 2 rings (SSSR count). The van der Waals surface area contributed by atoms with Crippen LogP contribution in [0.25, 0.3) is 0 Å². The summed E-state index contributed by atoms with van der Waals surface area (Å²) < 4.78 is 35.2. The average molecular weight is 453 g/mol. The van der Waals surface area contributed by atoms with Crippen molar-refractivity contribution in [3.05, 3.63) is 22.7 Å². The van der Waals surface area contributed by atoms with Gasteiger partial charge in [-0.05, 0) is 6.07 Å². The Morgan fingerprint density at radius 2 is 1.93 bits per heavy atom. The molecule has 1 aliphatic rings. The van der Waals surface area contributed by atoms with Gasteiger partial charge in [0.05, 0.1) is 20.5 Å². The first kappa shape index (κ1) is 31.0. The summed E-state index contributed by atoms with van der Waals surface area (Å²) in [6, 6.07) is 1.32. The van der Waals surface area contributed by atoms with E-state index in [1.165, 1.54) is 12.3 Å². The zero-order valence-electron chi connectivity index (χ0n) is 14.8. The zero-order valence-corrected chi connectivity index (χ0v) is 22.6. The van der Waals surface area contributed by atoms with E-state index in [0.29, 0.717) is 0 Å². The Morgan fingerprint density at radius 1 is 1.33 bits per heavy atom. The van der Waals surface area contributed by atoms with E-state index in [1.54, 1.807) is 0 Å². The molecule has 0 bridgehead atoms. The van der Waals surface area contributed by atoms with Crippen LogP contribution in [0.4, 0.5) is 5.82 Å². The molecule has 4 atom stereocenters. The van der Waals surface area contributed by atoms with Crippen LogP contribution in [0.15, 0.2) is 17.1 Å². The Bertz CT molecular complexity index is 761. The third-order valence-corrected chi connectivity index (χ3v) is 5.03. The standard InChI is InChI=1S/C9H15N3O10P2.3Na/c10-7-1-2-12(9(14)11-7)8-3-5(13)6(21-8)4-20-24(18,19)22-23(15,16)17;;;/h1-2,5-6,8,13H,3-4H2,(H,18,19)(H2,10,11,14)(H2,15,16,17);;;/q;3*+1/p-3/t5-,6-,8+;;;/m0.../s1. The third kappa shape index (κ3) is 10.1. The first-order valence-corrected chi connectivity index (χ1v) is 9.26. The second-order valence-electron chi connectivity index (χ2n) is 4.75. The van der Waals surface area contributed by atoms with Crippen molar-refractivity contribution in [3.8, 4) is 0 Å². The minimum Gasteiger partial charge on any atom is -0.790 e. The van der Waals surface area contributed by atoms with E-state index in [4.69, 9.17) is 10.5 Å². The van der Waals surface area contributed by atoms with Gasteiger partial charge in [0.25, 0.3) is 7.82 Å². The number of nitrogen functional groups attached to an aromatic ring is 1. The summed E-state index contributed by atoms with van der Waals surface area (Å²) in [6.07, 6.45) is -2.23. The van der Waals surface area contributed by atoms with Crippen LogP contribution >= 0.6 is 15.6 Å². The number of hydrogen-bond donors (Lipinski definition) is 2. The smallest absolute Gasteiger partial charge is 0.790 e. The Balaban J connectivity index is 0. The van der Waals surface area contributed by atoms with Crippen molar-refractivity contribution in [1.29, 1.82) is 0 Å². The number of anilines is 1. The molecule has 1 fully saturated rings. The molecule has 136 valence electrons. The Hall–Kier alpha value is 1.86. The maximum Gasteiger partial charge on any atom is 1.00 e. The molecule has 1 saturated heterocycles. The SMILES string of the molecule is Nc1ccn([C@H]2C[C@H](O)[C@H](COP(=O)([O-])OP(=O)([O-])[O-])O2)c(=O)n1.[Na+].[Na+].[Na+].